The van der Waals surface area contributed by atoms with Gasteiger partial charge in [-0.2, -0.15) is 0 Å². The first kappa shape index (κ1) is 20.1. The van der Waals surface area contributed by atoms with Gasteiger partial charge in [-0.05, 0) is 0 Å². The van der Waals surface area contributed by atoms with E-state index in [1.807, 2.05) is 0 Å². The van der Waals surface area contributed by atoms with E-state index in [4.69, 9.17) is 23.2 Å². The number of alkyl halides is 2. The van der Waals surface area contributed by atoms with Crippen molar-refractivity contribution in [1.82, 2.24) is 15.2 Å². The second kappa shape index (κ2) is 9.18. The van der Waals surface area contributed by atoms with E-state index >= 15 is 0 Å². The second-order valence-electron chi connectivity index (χ2n) is 4.08. The van der Waals surface area contributed by atoms with Gasteiger partial charge in [0.1, 0.15) is 0 Å². The topological polar surface area (TPSA) is 28.2 Å². The molecule has 0 unspecified atom stereocenters. The van der Waals surface area contributed by atoms with Gasteiger partial charge in [0, 0.05) is 44.1 Å². The molecular weight excluding hydrogens is 354 g/mol. The minimum Gasteiger partial charge on any atom is -0.314 e. The highest BCUT2D eigenvalue weighted by Gasteiger charge is 2.33. The molecule has 20 heavy (non-hydrogen) atoms. The summed E-state index contributed by atoms with van der Waals surface area (Å²) in [5.74, 6) is 0. The average Bonchev–Trinajstić information content (AvgIpc) is 2.34. The van der Waals surface area contributed by atoms with Crippen LogP contribution in [0.15, 0.2) is 12.4 Å². The first-order valence-electron chi connectivity index (χ1n) is 5.63. The van der Waals surface area contributed by atoms with Crippen molar-refractivity contribution in [3.8, 4) is 0 Å². The number of rotatable bonds is 3. The summed E-state index contributed by atoms with van der Waals surface area (Å²) >= 11 is 11.9. The molecule has 1 aliphatic heterocycles. The predicted octanol–water partition coefficient (Wildman–Crippen LogP) is 3.44. The number of piperazine rings is 1. The summed E-state index contributed by atoms with van der Waals surface area (Å²) in [6.45, 7) is 2.46. The van der Waals surface area contributed by atoms with Gasteiger partial charge in [-0.25, -0.2) is 8.78 Å². The molecule has 2 rings (SSSR count). The molecule has 1 aliphatic rings. The number of nitrogens with one attached hydrogen (secondary N) is 1. The van der Waals surface area contributed by atoms with Crippen LogP contribution in [0, 0.1) is 0 Å². The van der Waals surface area contributed by atoms with Crippen molar-refractivity contribution in [2.45, 2.75) is 12.5 Å². The Bertz CT molecular complexity index is 396. The van der Waals surface area contributed by atoms with Crippen LogP contribution >= 0.6 is 48.0 Å². The minimum atomic E-state index is -2.54. The highest BCUT2D eigenvalue weighted by Crippen LogP contribution is 2.36. The van der Waals surface area contributed by atoms with Crippen molar-refractivity contribution in [2.75, 3.05) is 26.2 Å². The van der Waals surface area contributed by atoms with Crippen molar-refractivity contribution >= 4 is 48.0 Å². The summed E-state index contributed by atoms with van der Waals surface area (Å²) in [6, 6.07) is -1.07. The minimum absolute atomic E-state index is 0. The molecule has 0 spiro atoms. The SMILES string of the molecule is Cl.Cl.FC(F)[C@H](c1c(Cl)cncc1Cl)N1CCNCC1. The van der Waals surface area contributed by atoms with Crippen molar-refractivity contribution in [3.63, 3.8) is 0 Å². The highest BCUT2D eigenvalue weighted by atomic mass is 35.5. The van der Waals surface area contributed by atoms with Crippen molar-refractivity contribution in [2.24, 2.45) is 0 Å². The number of pyridine rings is 1. The van der Waals surface area contributed by atoms with Crippen LogP contribution in [0.3, 0.4) is 0 Å². The van der Waals surface area contributed by atoms with Gasteiger partial charge < -0.3 is 5.32 Å². The van der Waals surface area contributed by atoms with E-state index < -0.39 is 12.5 Å². The van der Waals surface area contributed by atoms with Crippen molar-refractivity contribution in [1.29, 1.82) is 0 Å². The fourth-order valence-corrected chi connectivity index (χ4v) is 2.72. The number of halogens is 6. The van der Waals surface area contributed by atoms with E-state index in [0.29, 0.717) is 26.2 Å². The maximum Gasteiger partial charge on any atom is 0.258 e. The Morgan fingerprint density at radius 1 is 1.10 bits per heavy atom. The molecule has 0 aromatic carbocycles. The third-order valence-electron chi connectivity index (χ3n) is 2.97. The van der Waals surface area contributed by atoms with Crippen LogP contribution in [-0.4, -0.2) is 42.5 Å². The van der Waals surface area contributed by atoms with Crippen LogP contribution in [0.2, 0.25) is 10.0 Å². The van der Waals surface area contributed by atoms with Crippen LogP contribution < -0.4 is 5.32 Å². The molecule has 0 bridgehead atoms. The maximum absolute atomic E-state index is 13.3. The first-order valence-corrected chi connectivity index (χ1v) is 6.38. The van der Waals surface area contributed by atoms with Crippen LogP contribution in [-0.2, 0) is 0 Å². The smallest absolute Gasteiger partial charge is 0.258 e. The normalized spacial score (nSPS) is 17.2. The Labute approximate surface area is 138 Å². The zero-order valence-corrected chi connectivity index (χ0v) is 13.5. The fraction of sp³-hybridized carbons (Fsp3) is 0.545. The van der Waals surface area contributed by atoms with E-state index in [0.717, 1.165) is 0 Å². The largest absolute Gasteiger partial charge is 0.314 e. The molecular formula is C11H15Cl4F2N3. The number of aromatic nitrogens is 1. The van der Waals surface area contributed by atoms with Crippen LogP contribution in [0.5, 0.6) is 0 Å². The van der Waals surface area contributed by atoms with Gasteiger partial charge in [0.15, 0.2) is 0 Å². The summed E-state index contributed by atoms with van der Waals surface area (Å²) in [5, 5.41) is 3.50. The fourth-order valence-electron chi connectivity index (χ4n) is 2.13. The van der Waals surface area contributed by atoms with E-state index in [9.17, 15) is 8.78 Å². The van der Waals surface area contributed by atoms with Gasteiger partial charge in [-0.3, -0.25) is 9.88 Å². The molecule has 1 aromatic rings. The monoisotopic (exact) mass is 367 g/mol. The van der Waals surface area contributed by atoms with Crippen LogP contribution in [0.1, 0.15) is 11.6 Å². The van der Waals surface area contributed by atoms with Crippen molar-refractivity contribution < 1.29 is 8.78 Å². The standard InChI is InChI=1S/C11H13Cl2F2N3.2ClH/c12-7-5-17-6-8(13)9(7)10(11(14)15)18-3-1-16-2-4-18;;/h5-6,10-11,16H,1-4H2;2*1H/t10-;;/m0../s1. The molecule has 116 valence electrons. The lowest BCUT2D eigenvalue weighted by molar-refractivity contribution is 0.0182. The molecule has 0 saturated carbocycles. The Morgan fingerprint density at radius 2 is 1.60 bits per heavy atom. The van der Waals surface area contributed by atoms with Crippen LogP contribution in [0.25, 0.3) is 0 Å². The van der Waals surface area contributed by atoms with E-state index in [2.05, 4.69) is 10.3 Å². The Morgan fingerprint density at radius 3 is 2.05 bits per heavy atom. The average molecular weight is 369 g/mol. The predicted molar refractivity (Wildman–Crippen MR) is 81.9 cm³/mol. The summed E-state index contributed by atoms with van der Waals surface area (Å²) in [4.78, 5) is 5.49. The lowest BCUT2D eigenvalue weighted by atomic mass is 10.1. The van der Waals surface area contributed by atoms with Crippen molar-refractivity contribution in [3.05, 3.63) is 28.0 Å². The lowest BCUT2D eigenvalue weighted by Crippen LogP contribution is -2.47. The molecule has 1 saturated heterocycles. The lowest BCUT2D eigenvalue weighted by Gasteiger charge is -2.35. The molecule has 0 radical (unpaired) electrons. The quantitative estimate of drug-likeness (QED) is 0.885. The summed E-state index contributed by atoms with van der Waals surface area (Å²) in [6.07, 6.45) is 0.154. The first-order chi connectivity index (χ1) is 8.61. The van der Waals surface area contributed by atoms with Gasteiger partial charge in [-0.15, -0.1) is 24.8 Å². The van der Waals surface area contributed by atoms with Gasteiger partial charge >= 0.3 is 0 Å². The highest BCUT2D eigenvalue weighted by molar-refractivity contribution is 6.35. The molecule has 1 aromatic heterocycles. The third kappa shape index (κ3) is 4.55. The molecule has 1 atom stereocenters. The Balaban J connectivity index is 0.00000180. The van der Waals surface area contributed by atoms with E-state index in [1.54, 1.807) is 4.90 Å². The van der Waals surface area contributed by atoms with Crippen LogP contribution in [0.4, 0.5) is 8.78 Å². The molecule has 1 N–H and O–H groups in total. The molecule has 2 heterocycles. The zero-order chi connectivity index (χ0) is 13.1. The van der Waals surface area contributed by atoms with Gasteiger partial charge in [0.05, 0.1) is 16.1 Å². The maximum atomic E-state index is 13.3. The molecule has 1 fully saturated rings. The summed E-state index contributed by atoms with van der Waals surface area (Å²) in [5.41, 5.74) is 0.269. The molecule has 3 nitrogen and oxygen atoms in total. The van der Waals surface area contributed by atoms with Gasteiger partial charge in [0.25, 0.3) is 6.43 Å². The Kier molecular flexibility index (Phi) is 9.22. The number of nitrogens with zero attached hydrogens (tertiary/aromatic N) is 2. The second-order valence-corrected chi connectivity index (χ2v) is 4.90. The molecule has 9 heteroatoms. The summed E-state index contributed by atoms with van der Waals surface area (Å²) in [7, 11) is 0. The molecule has 0 aliphatic carbocycles. The van der Waals surface area contributed by atoms with Gasteiger partial charge in [0.2, 0.25) is 0 Å². The van der Waals surface area contributed by atoms with Gasteiger partial charge in [-0.1, -0.05) is 23.2 Å². The number of hydrogen-bond acceptors (Lipinski definition) is 3. The van der Waals surface area contributed by atoms with E-state index in [-0.39, 0.29) is 40.4 Å². The third-order valence-corrected chi connectivity index (χ3v) is 3.57. The number of hydrogen-bond donors (Lipinski definition) is 1. The van der Waals surface area contributed by atoms with E-state index in [1.165, 1.54) is 12.4 Å². The Hall–Kier alpha value is 0.0900. The zero-order valence-electron chi connectivity index (χ0n) is 10.4. The summed E-state index contributed by atoms with van der Waals surface area (Å²) < 4.78 is 26.7. The molecule has 0 amide bonds.